The van der Waals surface area contributed by atoms with Crippen LogP contribution in [0.2, 0.25) is 0 Å². The molecule has 0 N–H and O–H groups in total. The standard InChI is InChI=1S/C26H29N3O3/c1-5-6-14-28-24(31)18-17-12-11-16-10-9-15-8-7-13-27-20(15)21(16)29(17)22(19(18)25(28)32)23(30)26(2,3)4/h7-13,17-19,22H,5-6,14H2,1-4H3/t17-,18+,19-,22-/m1/s1. The highest BCUT2D eigenvalue weighted by atomic mass is 16.2. The van der Waals surface area contributed by atoms with Crippen LogP contribution in [0, 0.1) is 17.3 Å². The van der Waals surface area contributed by atoms with E-state index < -0.39 is 23.3 Å². The molecule has 166 valence electrons. The maximum Gasteiger partial charge on any atom is 0.235 e. The first-order valence-electron chi connectivity index (χ1n) is 11.5. The van der Waals surface area contributed by atoms with E-state index in [1.54, 1.807) is 6.20 Å². The fourth-order valence-electron chi connectivity index (χ4n) is 5.52. The van der Waals surface area contributed by atoms with E-state index in [1.165, 1.54) is 4.90 Å². The molecule has 0 aliphatic carbocycles. The zero-order chi connectivity index (χ0) is 22.8. The van der Waals surface area contributed by atoms with E-state index in [-0.39, 0.29) is 23.6 Å². The van der Waals surface area contributed by atoms with E-state index in [0.29, 0.717) is 6.54 Å². The Kier molecular flexibility index (Phi) is 4.73. The van der Waals surface area contributed by atoms with Gasteiger partial charge in [-0.2, -0.15) is 0 Å². The van der Waals surface area contributed by atoms with Crippen LogP contribution in [0.3, 0.4) is 0 Å². The van der Waals surface area contributed by atoms with Gasteiger partial charge in [-0.1, -0.05) is 64.5 Å². The number of imide groups is 1. The minimum atomic E-state index is -0.690. The van der Waals surface area contributed by atoms with Crippen LogP contribution in [0.1, 0.15) is 46.1 Å². The Hall–Kier alpha value is -3.02. The number of fused-ring (bicyclic) bond motifs is 7. The lowest BCUT2D eigenvalue weighted by Crippen LogP contribution is -2.51. The molecule has 2 saturated heterocycles. The minimum absolute atomic E-state index is 0.0114. The van der Waals surface area contributed by atoms with Gasteiger partial charge in [0.15, 0.2) is 5.78 Å². The SMILES string of the molecule is CCCCN1C(=O)[C@@H]2[C@@H](C1=O)[C@H](C(=O)C(C)(C)C)N1c3c(ccc4cccnc34)C=C[C@H]21. The van der Waals surface area contributed by atoms with Crippen LogP contribution in [-0.4, -0.2) is 46.1 Å². The second kappa shape index (κ2) is 7.26. The number of carbonyl (C=O) groups is 3. The smallest absolute Gasteiger partial charge is 0.235 e. The second-order valence-electron chi connectivity index (χ2n) is 10.1. The molecule has 32 heavy (non-hydrogen) atoms. The van der Waals surface area contributed by atoms with Crippen LogP contribution < -0.4 is 4.90 Å². The number of carbonyl (C=O) groups excluding carboxylic acids is 3. The number of unbranched alkanes of at least 4 members (excludes halogenated alkanes) is 1. The van der Waals surface area contributed by atoms with Gasteiger partial charge in [0.1, 0.15) is 6.04 Å². The normalized spacial score (nSPS) is 26.5. The van der Waals surface area contributed by atoms with Crippen molar-refractivity contribution in [2.75, 3.05) is 11.4 Å². The molecule has 0 bridgehead atoms. The third-order valence-corrected chi connectivity index (χ3v) is 7.07. The molecule has 4 atom stereocenters. The number of amides is 2. The first kappa shape index (κ1) is 20.9. The van der Waals surface area contributed by atoms with Gasteiger partial charge in [0, 0.05) is 23.5 Å². The average molecular weight is 432 g/mol. The van der Waals surface area contributed by atoms with E-state index in [4.69, 9.17) is 0 Å². The highest BCUT2D eigenvalue weighted by molar-refractivity contribution is 6.13. The van der Waals surface area contributed by atoms with Crippen LogP contribution >= 0.6 is 0 Å². The van der Waals surface area contributed by atoms with Crippen molar-refractivity contribution in [3.63, 3.8) is 0 Å². The minimum Gasteiger partial charge on any atom is -0.351 e. The van der Waals surface area contributed by atoms with E-state index >= 15 is 0 Å². The number of rotatable bonds is 4. The molecule has 4 heterocycles. The number of hydrogen-bond donors (Lipinski definition) is 0. The van der Waals surface area contributed by atoms with Gasteiger partial charge in [-0.3, -0.25) is 24.3 Å². The summed E-state index contributed by atoms with van der Waals surface area (Å²) in [4.78, 5) is 48.9. The Morgan fingerprint density at radius 1 is 1.09 bits per heavy atom. The first-order chi connectivity index (χ1) is 15.3. The largest absolute Gasteiger partial charge is 0.351 e. The van der Waals surface area contributed by atoms with Crippen molar-refractivity contribution < 1.29 is 14.4 Å². The fourth-order valence-corrected chi connectivity index (χ4v) is 5.52. The molecule has 0 spiro atoms. The predicted molar refractivity (Wildman–Crippen MR) is 124 cm³/mol. The van der Waals surface area contributed by atoms with Gasteiger partial charge < -0.3 is 4.90 Å². The van der Waals surface area contributed by atoms with Gasteiger partial charge in [0.2, 0.25) is 11.8 Å². The number of Topliss-reactive ketones (excluding diaryl/α,β-unsaturated/α-hetero) is 1. The Balaban J connectivity index is 1.70. The van der Waals surface area contributed by atoms with Crippen LogP contribution in [0.5, 0.6) is 0 Å². The van der Waals surface area contributed by atoms with Crippen molar-refractivity contribution in [2.45, 2.75) is 52.6 Å². The Morgan fingerprint density at radius 2 is 1.84 bits per heavy atom. The summed E-state index contributed by atoms with van der Waals surface area (Å²) in [5, 5.41) is 0.974. The molecule has 2 amide bonds. The summed E-state index contributed by atoms with van der Waals surface area (Å²) in [6.07, 6.45) is 7.43. The molecular weight excluding hydrogens is 402 g/mol. The van der Waals surface area contributed by atoms with Crippen LogP contribution in [0.25, 0.3) is 17.0 Å². The summed E-state index contributed by atoms with van der Waals surface area (Å²) >= 11 is 0. The summed E-state index contributed by atoms with van der Waals surface area (Å²) < 4.78 is 0. The molecule has 2 fully saturated rings. The van der Waals surface area contributed by atoms with Crippen molar-refractivity contribution in [3.8, 4) is 0 Å². The van der Waals surface area contributed by atoms with Crippen molar-refractivity contribution in [2.24, 2.45) is 17.3 Å². The fraction of sp³-hybridized carbons (Fsp3) is 0.462. The van der Waals surface area contributed by atoms with Gasteiger partial charge >= 0.3 is 0 Å². The van der Waals surface area contributed by atoms with Crippen LogP contribution in [0.4, 0.5) is 5.69 Å². The number of pyridine rings is 1. The van der Waals surface area contributed by atoms with E-state index in [9.17, 15) is 14.4 Å². The number of hydrogen-bond acceptors (Lipinski definition) is 5. The molecule has 2 aromatic rings. The molecule has 1 aromatic heterocycles. The van der Waals surface area contributed by atoms with Crippen molar-refractivity contribution >= 4 is 40.3 Å². The van der Waals surface area contributed by atoms with Gasteiger partial charge in [-0.05, 0) is 18.1 Å². The zero-order valence-corrected chi connectivity index (χ0v) is 19.0. The van der Waals surface area contributed by atoms with Gasteiger partial charge in [-0.25, -0.2) is 0 Å². The third kappa shape index (κ3) is 2.85. The number of nitrogens with zero attached hydrogens (tertiary/aromatic N) is 3. The van der Waals surface area contributed by atoms with E-state index in [2.05, 4.69) is 4.98 Å². The summed E-state index contributed by atoms with van der Waals surface area (Å²) in [6, 6.07) is 6.90. The molecule has 1 aromatic carbocycles. The van der Waals surface area contributed by atoms with Gasteiger partial charge in [0.25, 0.3) is 0 Å². The molecule has 5 rings (SSSR count). The number of likely N-dealkylation sites (tertiary alicyclic amines) is 1. The summed E-state index contributed by atoms with van der Waals surface area (Å²) in [6.45, 7) is 8.12. The maximum absolute atomic E-state index is 13.8. The van der Waals surface area contributed by atoms with Crippen molar-refractivity contribution in [3.05, 3.63) is 42.1 Å². The maximum atomic E-state index is 13.8. The average Bonchev–Trinajstić information content (AvgIpc) is 3.23. The monoisotopic (exact) mass is 431 g/mol. The molecule has 0 unspecified atom stereocenters. The molecule has 0 radical (unpaired) electrons. The van der Waals surface area contributed by atoms with Crippen LogP contribution in [0.15, 0.2) is 36.5 Å². The van der Waals surface area contributed by atoms with Crippen molar-refractivity contribution in [1.29, 1.82) is 0 Å². The Morgan fingerprint density at radius 3 is 2.56 bits per heavy atom. The van der Waals surface area contributed by atoms with E-state index in [0.717, 1.165) is 35.0 Å². The summed E-state index contributed by atoms with van der Waals surface area (Å²) in [5.74, 6) is -1.56. The number of ketones is 1. The molecule has 6 nitrogen and oxygen atoms in total. The highest BCUT2D eigenvalue weighted by Crippen LogP contribution is 2.51. The molecule has 6 heteroatoms. The van der Waals surface area contributed by atoms with E-state index in [1.807, 2.05) is 69.0 Å². The highest BCUT2D eigenvalue weighted by Gasteiger charge is 2.64. The van der Waals surface area contributed by atoms with Crippen LogP contribution in [-0.2, 0) is 14.4 Å². The molecule has 3 aliphatic rings. The number of aromatic nitrogens is 1. The molecule has 0 saturated carbocycles. The first-order valence-corrected chi connectivity index (χ1v) is 11.5. The Bertz CT molecular complexity index is 1160. The lowest BCUT2D eigenvalue weighted by Gasteiger charge is -2.39. The molecule has 3 aliphatic heterocycles. The summed E-state index contributed by atoms with van der Waals surface area (Å²) in [7, 11) is 0. The Labute approximate surface area is 188 Å². The number of benzene rings is 1. The quantitative estimate of drug-likeness (QED) is 0.688. The molecular formula is C26H29N3O3. The number of anilines is 1. The van der Waals surface area contributed by atoms with Crippen molar-refractivity contribution in [1.82, 2.24) is 9.88 Å². The van der Waals surface area contributed by atoms with Gasteiger partial charge in [0.05, 0.1) is 29.1 Å². The van der Waals surface area contributed by atoms with Gasteiger partial charge in [-0.15, -0.1) is 0 Å². The lowest BCUT2D eigenvalue weighted by atomic mass is 9.79. The lowest BCUT2D eigenvalue weighted by molar-refractivity contribution is -0.142. The topological polar surface area (TPSA) is 70.6 Å². The predicted octanol–water partition coefficient (Wildman–Crippen LogP) is 3.84. The third-order valence-electron chi connectivity index (χ3n) is 7.07. The second-order valence-corrected chi connectivity index (χ2v) is 10.1. The summed E-state index contributed by atoms with van der Waals surface area (Å²) in [5.41, 5.74) is 1.97. The zero-order valence-electron chi connectivity index (χ0n) is 19.0.